The van der Waals surface area contributed by atoms with E-state index >= 15 is 0 Å². The lowest BCUT2D eigenvalue weighted by Gasteiger charge is -2.16. The average molecular weight is 255 g/mol. The Balaban J connectivity index is 2.51. The molecule has 0 aliphatic heterocycles. The zero-order chi connectivity index (χ0) is 13.4. The van der Waals surface area contributed by atoms with Crippen molar-refractivity contribution in [3.63, 3.8) is 0 Å². The molecule has 0 fully saturated rings. The first-order valence-corrected chi connectivity index (χ1v) is 5.90. The molecule has 1 atom stereocenters. The van der Waals surface area contributed by atoms with Crippen molar-refractivity contribution in [1.82, 2.24) is 5.32 Å². The first-order chi connectivity index (χ1) is 8.67. The Bertz CT molecular complexity index is 367. The van der Waals surface area contributed by atoms with Gasteiger partial charge >= 0.3 is 0 Å². The van der Waals surface area contributed by atoms with Gasteiger partial charge in [-0.2, -0.15) is 0 Å². The van der Waals surface area contributed by atoms with E-state index < -0.39 is 6.04 Å². The van der Waals surface area contributed by atoms with Gasteiger partial charge in [-0.25, -0.2) is 4.39 Å². The summed E-state index contributed by atoms with van der Waals surface area (Å²) in [6.45, 7) is 2.54. The van der Waals surface area contributed by atoms with E-state index in [1.54, 1.807) is 12.1 Å². The maximum Gasteiger partial charge on any atom is 0.222 e. The summed E-state index contributed by atoms with van der Waals surface area (Å²) in [5.74, 6) is -0.551. The predicted octanol–water partition coefficient (Wildman–Crippen LogP) is 1.40. The van der Waals surface area contributed by atoms with Gasteiger partial charge in [-0.05, 0) is 24.6 Å². The number of halogens is 1. The predicted molar refractivity (Wildman–Crippen MR) is 65.5 cm³/mol. The SMILES string of the molecule is CCOCCC(=O)NC(CO)c1ccc(F)cc1. The highest BCUT2D eigenvalue weighted by Gasteiger charge is 2.13. The van der Waals surface area contributed by atoms with E-state index in [-0.39, 0.29) is 24.8 Å². The van der Waals surface area contributed by atoms with E-state index in [2.05, 4.69) is 5.32 Å². The molecule has 0 aliphatic carbocycles. The molecule has 0 saturated carbocycles. The molecule has 1 aromatic carbocycles. The molecule has 2 N–H and O–H groups in total. The largest absolute Gasteiger partial charge is 0.394 e. The number of hydrogen-bond acceptors (Lipinski definition) is 3. The topological polar surface area (TPSA) is 58.6 Å². The highest BCUT2D eigenvalue weighted by atomic mass is 19.1. The summed E-state index contributed by atoms with van der Waals surface area (Å²) >= 11 is 0. The Kier molecular flexibility index (Phi) is 6.32. The van der Waals surface area contributed by atoms with Gasteiger partial charge in [0.05, 0.1) is 19.3 Å². The van der Waals surface area contributed by atoms with Crippen molar-refractivity contribution in [2.24, 2.45) is 0 Å². The summed E-state index contributed by atoms with van der Waals surface area (Å²) in [5.41, 5.74) is 0.670. The normalized spacial score (nSPS) is 12.2. The van der Waals surface area contributed by atoms with Crippen molar-refractivity contribution in [3.05, 3.63) is 35.6 Å². The third kappa shape index (κ3) is 4.81. The molecular weight excluding hydrogens is 237 g/mol. The van der Waals surface area contributed by atoms with Gasteiger partial charge in [0.1, 0.15) is 5.82 Å². The standard InChI is InChI=1S/C13H18FNO3/c1-2-18-8-7-13(17)15-12(9-16)10-3-5-11(14)6-4-10/h3-6,12,16H,2,7-9H2,1H3,(H,15,17). The molecule has 100 valence electrons. The van der Waals surface area contributed by atoms with Crippen molar-refractivity contribution in [1.29, 1.82) is 0 Å². The van der Waals surface area contributed by atoms with E-state index in [0.717, 1.165) is 0 Å². The number of ether oxygens (including phenoxy) is 1. The second-order valence-corrected chi connectivity index (χ2v) is 3.80. The minimum absolute atomic E-state index is 0.202. The summed E-state index contributed by atoms with van der Waals surface area (Å²) in [7, 11) is 0. The van der Waals surface area contributed by atoms with Gasteiger partial charge in [-0.1, -0.05) is 12.1 Å². The third-order valence-corrected chi connectivity index (χ3v) is 2.47. The molecule has 0 spiro atoms. The molecule has 5 heteroatoms. The second-order valence-electron chi connectivity index (χ2n) is 3.80. The molecule has 18 heavy (non-hydrogen) atoms. The molecule has 1 unspecified atom stereocenters. The van der Waals surface area contributed by atoms with Crippen LogP contribution in [0.5, 0.6) is 0 Å². The van der Waals surface area contributed by atoms with Crippen LogP contribution in [-0.4, -0.2) is 30.8 Å². The fraction of sp³-hybridized carbons (Fsp3) is 0.462. The second kappa shape index (κ2) is 7.79. The van der Waals surface area contributed by atoms with Gasteiger partial charge in [-0.15, -0.1) is 0 Å². The van der Waals surface area contributed by atoms with E-state index in [4.69, 9.17) is 4.74 Å². The molecule has 0 saturated heterocycles. The van der Waals surface area contributed by atoms with Crippen molar-refractivity contribution >= 4 is 5.91 Å². The first kappa shape index (κ1) is 14.6. The molecule has 1 amide bonds. The summed E-state index contributed by atoms with van der Waals surface area (Å²) in [5, 5.41) is 11.9. The van der Waals surface area contributed by atoms with Crippen LogP contribution in [-0.2, 0) is 9.53 Å². The lowest BCUT2D eigenvalue weighted by atomic mass is 10.1. The number of carbonyl (C=O) groups excluding carboxylic acids is 1. The quantitative estimate of drug-likeness (QED) is 0.724. The van der Waals surface area contributed by atoms with Crippen LogP contribution in [0, 0.1) is 5.82 Å². The number of aliphatic hydroxyl groups is 1. The number of rotatable bonds is 7. The molecule has 0 aliphatic rings. The average Bonchev–Trinajstić information content (AvgIpc) is 2.37. The lowest BCUT2D eigenvalue weighted by molar-refractivity contribution is -0.123. The van der Waals surface area contributed by atoms with Gasteiger partial charge in [0.25, 0.3) is 0 Å². The summed E-state index contributed by atoms with van der Waals surface area (Å²) in [6.07, 6.45) is 0.242. The van der Waals surface area contributed by atoms with E-state index in [1.165, 1.54) is 12.1 Å². The van der Waals surface area contributed by atoms with Gasteiger partial charge in [0, 0.05) is 13.0 Å². The van der Waals surface area contributed by atoms with Crippen LogP contribution in [0.15, 0.2) is 24.3 Å². The number of benzene rings is 1. The summed E-state index contributed by atoms with van der Waals surface area (Å²) in [6, 6.07) is 5.16. The Hall–Kier alpha value is -1.46. The lowest BCUT2D eigenvalue weighted by Crippen LogP contribution is -2.31. The Labute approximate surface area is 106 Å². The highest BCUT2D eigenvalue weighted by Crippen LogP contribution is 2.13. The van der Waals surface area contributed by atoms with Crippen LogP contribution < -0.4 is 5.32 Å². The maximum atomic E-state index is 12.8. The highest BCUT2D eigenvalue weighted by molar-refractivity contribution is 5.76. The number of amides is 1. The first-order valence-electron chi connectivity index (χ1n) is 5.90. The van der Waals surface area contributed by atoms with E-state index in [0.29, 0.717) is 18.8 Å². The Morgan fingerprint density at radius 2 is 2.11 bits per heavy atom. The zero-order valence-corrected chi connectivity index (χ0v) is 10.4. The molecule has 0 radical (unpaired) electrons. The van der Waals surface area contributed by atoms with Gasteiger partial charge < -0.3 is 15.2 Å². The molecular formula is C13H18FNO3. The molecule has 0 heterocycles. The van der Waals surface area contributed by atoms with Crippen molar-refractivity contribution in [3.8, 4) is 0 Å². The van der Waals surface area contributed by atoms with E-state index in [1.807, 2.05) is 6.92 Å². The van der Waals surface area contributed by atoms with Crippen LogP contribution in [0.4, 0.5) is 4.39 Å². The Morgan fingerprint density at radius 3 is 2.67 bits per heavy atom. The van der Waals surface area contributed by atoms with Gasteiger partial charge in [-0.3, -0.25) is 4.79 Å². The fourth-order valence-corrected chi connectivity index (χ4v) is 1.51. The number of hydrogen-bond donors (Lipinski definition) is 2. The van der Waals surface area contributed by atoms with Gasteiger partial charge in [0.15, 0.2) is 0 Å². The van der Waals surface area contributed by atoms with Crippen LogP contribution in [0.1, 0.15) is 24.9 Å². The van der Waals surface area contributed by atoms with Crippen molar-refractivity contribution in [2.75, 3.05) is 19.8 Å². The third-order valence-electron chi connectivity index (χ3n) is 2.47. The Morgan fingerprint density at radius 1 is 1.44 bits per heavy atom. The minimum atomic E-state index is -0.514. The molecule has 4 nitrogen and oxygen atoms in total. The van der Waals surface area contributed by atoms with Crippen LogP contribution in [0.25, 0.3) is 0 Å². The minimum Gasteiger partial charge on any atom is -0.394 e. The van der Waals surface area contributed by atoms with Gasteiger partial charge in [0.2, 0.25) is 5.91 Å². The molecule has 1 rings (SSSR count). The number of nitrogens with one attached hydrogen (secondary N) is 1. The van der Waals surface area contributed by atoms with Crippen LogP contribution >= 0.6 is 0 Å². The smallest absolute Gasteiger partial charge is 0.222 e. The van der Waals surface area contributed by atoms with Crippen LogP contribution in [0.3, 0.4) is 0 Å². The number of aliphatic hydroxyl groups excluding tert-OH is 1. The fourth-order valence-electron chi connectivity index (χ4n) is 1.51. The van der Waals surface area contributed by atoms with Crippen molar-refractivity contribution < 1.29 is 19.0 Å². The molecule has 0 bridgehead atoms. The summed E-state index contributed by atoms with van der Waals surface area (Å²) < 4.78 is 17.8. The van der Waals surface area contributed by atoms with Crippen LogP contribution in [0.2, 0.25) is 0 Å². The number of carbonyl (C=O) groups is 1. The van der Waals surface area contributed by atoms with Crippen molar-refractivity contribution in [2.45, 2.75) is 19.4 Å². The van der Waals surface area contributed by atoms with E-state index in [9.17, 15) is 14.3 Å². The summed E-state index contributed by atoms with van der Waals surface area (Å²) in [4.78, 5) is 11.6. The maximum absolute atomic E-state index is 12.8. The monoisotopic (exact) mass is 255 g/mol. The molecule has 0 aromatic heterocycles. The molecule has 1 aromatic rings. The zero-order valence-electron chi connectivity index (χ0n) is 10.4.